The number of carbonyl (C=O) groups excluding carboxylic acids is 1. The van der Waals surface area contributed by atoms with Gasteiger partial charge in [0.25, 0.3) is 5.95 Å². The first-order valence-corrected chi connectivity index (χ1v) is 5.48. The molecule has 0 spiro atoms. The van der Waals surface area contributed by atoms with Crippen molar-refractivity contribution >= 4 is 23.7 Å². The monoisotopic (exact) mass is 246 g/mol. The van der Waals surface area contributed by atoms with E-state index in [4.69, 9.17) is 16.4 Å². The molecule has 16 heavy (non-hydrogen) atoms. The van der Waals surface area contributed by atoms with Crippen molar-refractivity contribution in [2.24, 2.45) is 5.84 Å². The fraction of sp³-hybridized carbons (Fsp3) is 0.571. The summed E-state index contributed by atoms with van der Waals surface area (Å²) in [5, 5.41) is 7.42. The lowest BCUT2D eigenvalue weighted by Gasteiger charge is -2.09. The minimum atomic E-state index is -0.405. The van der Waals surface area contributed by atoms with Crippen molar-refractivity contribution in [3.05, 3.63) is 0 Å². The molecule has 0 radical (unpaired) electrons. The molecule has 0 aliphatic rings. The third kappa shape index (κ3) is 2.76. The number of nitrogen functional groups attached to an aromatic ring is 2. The van der Waals surface area contributed by atoms with E-state index >= 15 is 0 Å². The van der Waals surface area contributed by atoms with Crippen LogP contribution in [0.1, 0.15) is 13.8 Å². The van der Waals surface area contributed by atoms with Crippen LogP contribution in [0.3, 0.4) is 0 Å². The summed E-state index contributed by atoms with van der Waals surface area (Å²) in [5.41, 5.74) is 2.28. The Balaban J connectivity index is 2.65. The van der Waals surface area contributed by atoms with Gasteiger partial charge in [0.05, 0.1) is 6.61 Å². The molecule has 0 aliphatic heterocycles. The second kappa shape index (κ2) is 5.56. The zero-order valence-corrected chi connectivity index (χ0v) is 9.82. The molecule has 0 saturated heterocycles. The van der Waals surface area contributed by atoms with Crippen LogP contribution in [0.25, 0.3) is 0 Å². The number of nitrogens with two attached hydrogens (primary N) is 2. The summed E-state index contributed by atoms with van der Waals surface area (Å²) in [7, 11) is 0. The number of hydrazine groups is 1. The van der Waals surface area contributed by atoms with E-state index in [1.54, 1.807) is 13.8 Å². The Hall–Kier alpha value is -1.48. The van der Waals surface area contributed by atoms with Gasteiger partial charge >= 0.3 is 5.97 Å². The van der Waals surface area contributed by atoms with Crippen LogP contribution in [-0.2, 0) is 9.53 Å². The molecule has 1 rings (SSSR count). The molecule has 1 atom stereocenters. The molecule has 90 valence electrons. The molecule has 9 heteroatoms. The van der Waals surface area contributed by atoms with Crippen LogP contribution in [-0.4, -0.2) is 32.7 Å². The molecule has 1 heterocycles. The van der Waals surface area contributed by atoms with E-state index in [0.29, 0.717) is 11.8 Å². The predicted molar refractivity (Wildman–Crippen MR) is 59.9 cm³/mol. The highest BCUT2D eigenvalue weighted by molar-refractivity contribution is 8.00. The largest absolute Gasteiger partial charge is 0.465 e. The van der Waals surface area contributed by atoms with Crippen LogP contribution >= 0.6 is 11.8 Å². The van der Waals surface area contributed by atoms with E-state index in [9.17, 15) is 4.79 Å². The lowest BCUT2D eigenvalue weighted by Crippen LogP contribution is -2.21. The fourth-order valence-electron chi connectivity index (χ4n) is 0.922. The summed E-state index contributed by atoms with van der Waals surface area (Å²) >= 11 is 1.15. The van der Waals surface area contributed by atoms with Gasteiger partial charge in [-0.2, -0.15) is 0 Å². The normalized spacial score (nSPS) is 12.2. The highest BCUT2D eigenvalue weighted by Crippen LogP contribution is 2.22. The van der Waals surface area contributed by atoms with Gasteiger partial charge in [-0.05, 0) is 13.8 Å². The Kier molecular flexibility index (Phi) is 4.38. The predicted octanol–water partition coefficient (Wildman–Crippen LogP) is -0.679. The number of aromatic nitrogens is 3. The smallest absolute Gasteiger partial charge is 0.319 e. The summed E-state index contributed by atoms with van der Waals surface area (Å²) in [6, 6.07) is 0. The van der Waals surface area contributed by atoms with E-state index in [1.165, 1.54) is 4.68 Å². The summed E-state index contributed by atoms with van der Waals surface area (Å²) in [6.45, 7) is 3.79. The topological polar surface area (TPSA) is 121 Å². The molecule has 0 fully saturated rings. The zero-order valence-electron chi connectivity index (χ0n) is 9.01. The molecular formula is C7H14N6O2S. The highest BCUT2D eigenvalue weighted by atomic mass is 32.2. The number of carbonyl (C=O) groups is 1. The zero-order chi connectivity index (χ0) is 12.1. The van der Waals surface area contributed by atoms with Crippen molar-refractivity contribution in [1.82, 2.24) is 14.9 Å². The quantitative estimate of drug-likeness (QED) is 0.270. The van der Waals surface area contributed by atoms with Gasteiger partial charge in [0, 0.05) is 0 Å². The number of hydrogen-bond acceptors (Lipinski definition) is 8. The Morgan fingerprint density at radius 2 is 2.38 bits per heavy atom. The maximum absolute atomic E-state index is 11.4. The average Bonchev–Trinajstić information content (AvgIpc) is 2.60. The molecule has 1 unspecified atom stereocenters. The number of rotatable bonds is 5. The number of thioether (sulfide) groups is 1. The van der Waals surface area contributed by atoms with Crippen molar-refractivity contribution in [1.29, 1.82) is 0 Å². The van der Waals surface area contributed by atoms with E-state index in [0.717, 1.165) is 11.8 Å². The number of nitrogens with one attached hydrogen (secondary N) is 1. The molecule has 1 aromatic heterocycles. The van der Waals surface area contributed by atoms with Gasteiger partial charge in [0.2, 0.25) is 5.16 Å². The fourth-order valence-corrected chi connectivity index (χ4v) is 1.69. The minimum Gasteiger partial charge on any atom is -0.465 e. The third-order valence-electron chi connectivity index (χ3n) is 1.69. The van der Waals surface area contributed by atoms with Gasteiger partial charge in [-0.25, -0.2) is 10.5 Å². The van der Waals surface area contributed by atoms with E-state index in [-0.39, 0.29) is 11.9 Å². The van der Waals surface area contributed by atoms with Crippen LogP contribution in [0.2, 0.25) is 0 Å². The molecule has 0 aromatic carbocycles. The SMILES string of the molecule is CCOC(=O)C(C)Sc1nnc(NN)n1N. The summed E-state index contributed by atoms with van der Waals surface area (Å²) in [5.74, 6) is 10.7. The van der Waals surface area contributed by atoms with Crippen LogP contribution in [0.5, 0.6) is 0 Å². The molecule has 0 aliphatic carbocycles. The number of anilines is 1. The van der Waals surface area contributed by atoms with Gasteiger partial charge in [-0.15, -0.1) is 10.2 Å². The number of esters is 1. The maximum Gasteiger partial charge on any atom is 0.319 e. The van der Waals surface area contributed by atoms with Crippen molar-refractivity contribution < 1.29 is 9.53 Å². The van der Waals surface area contributed by atoms with Crippen molar-refractivity contribution in [2.75, 3.05) is 17.9 Å². The molecule has 5 N–H and O–H groups in total. The van der Waals surface area contributed by atoms with Crippen molar-refractivity contribution in [3.8, 4) is 0 Å². The summed E-state index contributed by atoms with van der Waals surface area (Å²) < 4.78 is 6.02. The Labute approximate surface area is 96.7 Å². The van der Waals surface area contributed by atoms with Crippen molar-refractivity contribution in [3.63, 3.8) is 0 Å². The lowest BCUT2D eigenvalue weighted by atomic mass is 10.5. The second-order valence-corrected chi connectivity index (χ2v) is 4.14. The van der Waals surface area contributed by atoms with Gasteiger partial charge in [-0.1, -0.05) is 11.8 Å². The van der Waals surface area contributed by atoms with E-state index in [2.05, 4.69) is 15.6 Å². The van der Waals surface area contributed by atoms with Crippen LogP contribution in [0.15, 0.2) is 5.16 Å². The molecule has 0 amide bonds. The number of hydrogen-bond donors (Lipinski definition) is 3. The van der Waals surface area contributed by atoms with Crippen LogP contribution < -0.4 is 17.1 Å². The first kappa shape index (κ1) is 12.6. The van der Waals surface area contributed by atoms with Crippen LogP contribution in [0.4, 0.5) is 5.95 Å². The summed E-state index contributed by atoms with van der Waals surface area (Å²) in [6.07, 6.45) is 0. The Morgan fingerprint density at radius 1 is 1.69 bits per heavy atom. The van der Waals surface area contributed by atoms with Gasteiger partial charge in [0.1, 0.15) is 5.25 Å². The highest BCUT2D eigenvalue weighted by Gasteiger charge is 2.19. The average molecular weight is 246 g/mol. The standard InChI is InChI=1S/C7H14N6O2S/c1-3-15-5(14)4(2)16-7-12-11-6(10-8)13(7)9/h4H,3,8-9H2,1-2H3,(H,10,11). The first-order chi connectivity index (χ1) is 7.60. The molecule has 8 nitrogen and oxygen atoms in total. The first-order valence-electron chi connectivity index (χ1n) is 4.60. The molecule has 0 bridgehead atoms. The van der Waals surface area contributed by atoms with Gasteiger partial charge in [-0.3, -0.25) is 10.2 Å². The minimum absolute atomic E-state index is 0.221. The Morgan fingerprint density at radius 3 is 2.88 bits per heavy atom. The second-order valence-electron chi connectivity index (χ2n) is 2.83. The maximum atomic E-state index is 11.4. The molecule has 0 saturated carbocycles. The van der Waals surface area contributed by atoms with Gasteiger partial charge in [0.15, 0.2) is 0 Å². The lowest BCUT2D eigenvalue weighted by molar-refractivity contribution is -0.142. The third-order valence-corrected chi connectivity index (χ3v) is 2.73. The van der Waals surface area contributed by atoms with Crippen molar-refractivity contribution in [2.45, 2.75) is 24.3 Å². The number of ether oxygens (including phenoxy) is 1. The van der Waals surface area contributed by atoms with E-state index in [1.807, 2.05) is 0 Å². The number of nitrogens with zero attached hydrogens (tertiary/aromatic N) is 3. The molecule has 1 aromatic rings. The molecular weight excluding hydrogens is 232 g/mol. The summed E-state index contributed by atoms with van der Waals surface area (Å²) in [4.78, 5) is 11.4. The van der Waals surface area contributed by atoms with Gasteiger partial charge < -0.3 is 10.6 Å². The van der Waals surface area contributed by atoms with Crippen LogP contribution in [0, 0.1) is 0 Å². The Bertz CT molecular complexity index is 368. The van der Waals surface area contributed by atoms with E-state index < -0.39 is 5.25 Å².